The quantitative estimate of drug-likeness (QED) is 0.849. The van der Waals surface area contributed by atoms with Crippen LogP contribution >= 0.6 is 0 Å². The number of aryl methyl sites for hydroxylation is 1. The van der Waals surface area contributed by atoms with Crippen molar-refractivity contribution in [3.05, 3.63) is 17.0 Å². The number of carboxylic acids is 1. The molecule has 1 heterocycles. The van der Waals surface area contributed by atoms with Crippen molar-refractivity contribution in [2.75, 3.05) is 7.05 Å². The van der Waals surface area contributed by atoms with Crippen molar-refractivity contribution in [3.8, 4) is 6.07 Å². The summed E-state index contributed by atoms with van der Waals surface area (Å²) in [4.78, 5) is 13.6. The number of nitrogens with one attached hydrogen (secondary N) is 1. The third-order valence-corrected chi connectivity index (χ3v) is 5.47. The Bertz CT molecular complexity index is 670. The van der Waals surface area contributed by atoms with E-state index in [0.717, 1.165) is 4.31 Å². The van der Waals surface area contributed by atoms with Gasteiger partial charge in [-0.05, 0) is 20.8 Å². The molecule has 2 N–H and O–H groups in total. The van der Waals surface area contributed by atoms with E-state index in [1.54, 1.807) is 6.92 Å². The molecule has 7 nitrogen and oxygen atoms in total. The highest BCUT2D eigenvalue weighted by Crippen LogP contribution is 2.27. The number of nitriles is 1. The third-order valence-electron chi connectivity index (χ3n) is 3.23. The molecule has 0 spiro atoms. The van der Waals surface area contributed by atoms with E-state index in [4.69, 9.17) is 10.4 Å². The fraction of sp³-hybridized carbons (Fsp3) is 0.500. The fourth-order valence-corrected chi connectivity index (χ4v) is 3.74. The molecule has 0 radical (unpaired) electrons. The first-order chi connectivity index (χ1) is 9.14. The Kier molecular flexibility index (Phi) is 4.57. The molecule has 0 amide bonds. The van der Waals surface area contributed by atoms with Crippen molar-refractivity contribution in [3.63, 3.8) is 0 Å². The predicted octanol–water partition coefficient (Wildman–Crippen LogP) is 1.25. The van der Waals surface area contributed by atoms with Gasteiger partial charge in [-0.15, -0.1) is 0 Å². The second-order valence-electron chi connectivity index (χ2n) is 4.62. The van der Waals surface area contributed by atoms with Crippen LogP contribution in [0.1, 0.15) is 35.1 Å². The van der Waals surface area contributed by atoms with Crippen molar-refractivity contribution in [1.82, 2.24) is 9.29 Å². The second-order valence-corrected chi connectivity index (χ2v) is 6.55. The van der Waals surface area contributed by atoms with Gasteiger partial charge in [0.1, 0.15) is 10.6 Å². The number of carboxylic acid groups (broad SMARTS) is 1. The molecule has 0 bridgehead atoms. The minimum absolute atomic E-state index is 0.0396. The number of hydrogen-bond acceptors (Lipinski definition) is 4. The summed E-state index contributed by atoms with van der Waals surface area (Å²) in [6.07, 6.45) is 0.0596. The summed E-state index contributed by atoms with van der Waals surface area (Å²) in [5.74, 6) is -1.21. The first-order valence-electron chi connectivity index (χ1n) is 5.92. The molecular formula is C12H17N3O4S. The molecule has 8 heteroatoms. The largest absolute Gasteiger partial charge is 0.477 e. The van der Waals surface area contributed by atoms with E-state index in [9.17, 15) is 13.2 Å². The van der Waals surface area contributed by atoms with Crippen LogP contribution in [0.15, 0.2) is 4.90 Å². The highest BCUT2D eigenvalue weighted by atomic mass is 32.2. The van der Waals surface area contributed by atoms with E-state index in [1.807, 2.05) is 6.07 Å². The lowest BCUT2D eigenvalue weighted by Crippen LogP contribution is -2.35. The predicted molar refractivity (Wildman–Crippen MR) is 71.9 cm³/mol. The molecule has 1 atom stereocenters. The Labute approximate surface area is 117 Å². The summed E-state index contributed by atoms with van der Waals surface area (Å²) < 4.78 is 26.1. The van der Waals surface area contributed by atoms with Gasteiger partial charge in [-0.3, -0.25) is 0 Å². The topological polar surface area (TPSA) is 114 Å². The lowest BCUT2D eigenvalue weighted by molar-refractivity contribution is 0.0690. The molecule has 0 aliphatic rings. The zero-order chi connectivity index (χ0) is 15.7. The first-order valence-corrected chi connectivity index (χ1v) is 7.36. The molecule has 20 heavy (non-hydrogen) atoms. The Morgan fingerprint density at radius 2 is 2.05 bits per heavy atom. The summed E-state index contributed by atoms with van der Waals surface area (Å²) >= 11 is 0. The van der Waals surface area contributed by atoms with Crippen LogP contribution in [-0.4, -0.2) is 41.9 Å². The van der Waals surface area contributed by atoms with Gasteiger partial charge in [0.2, 0.25) is 10.0 Å². The number of rotatable bonds is 5. The Morgan fingerprint density at radius 1 is 1.50 bits per heavy atom. The molecule has 0 aromatic carbocycles. The van der Waals surface area contributed by atoms with Gasteiger partial charge < -0.3 is 10.1 Å². The zero-order valence-corrected chi connectivity index (χ0v) is 12.6. The van der Waals surface area contributed by atoms with Crippen LogP contribution in [0.3, 0.4) is 0 Å². The molecule has 0 saturated heterocycles. The van der Waals surface area contributed by atoms with Gasteiger partial charge in [0.15, 0.2) is 0 Å². The highest BCUT2D eigenvalue weighted by molar-refractivity contribution is 7.89. The average Bonchev–Trinajstić information content (AvgIpc) is 2.64. The number of carbonyl (C=O) groups is 1. The normalized spacial score (nSPS) is 13.2. The number of H-pyrrole nitrogens is 1. The molecule has 1 aromatic rings. The van der Waals surface area contributed by atoms with Gasteiger partial charge in [0.25, 0.3) is 0 Å². The van der Waals surface area contributed by atoms with Gasteiger partial charge in [-0.1, -0.05) is 0 Å². The molecule has 0 aliphatic heterocycles. The summed E-state index contributed by atoms with van der Waals surface area (Å²) in [5, 5.41) is 17.7. The number of aromatic nitrogens is 1. The summed E-state index contributed by atoms with van der Waals surface area (Å²) in [6, 6.07) is 1.42. The molecule has 0 aliphatic carbocycles. The van der Waals surface area contributed by atoms with E-state index in [0.29, 0.717) is 0 Å². The van der Waals surface area contributed by atoms with E-state index in [2.05, 4.69) is 4.98 Å². The first kappa shape index (κ1) is 16.2. The van der Waals surface area contributed by atoms with Gasteiger partial charge in [-0.2, -0.15) is 9.57 Å². The molecule has 0 saturated carbocycles. The van der Waals surface area contributed by atoms with Crippen molar-refractivity contribution in [1.29, 1.82) is 5.26 Å². The van der Waals surface area contributed by atoms with Gasteiger partial charge in [0.05, 0.1) is 12.5 Å². The van der Waals surface area contributed by atoms with Crippen LogP contribution < -0.4 is 0 Å². The number of sulfonamides is 1. The van der Waals surface area contributed by atoms with Crippen LogP contribution in [-0.2, 0) is 10.0 Å². The third kappa shape index (κ3) is 2.69. The Morgan fingerprint density at radius 3 is 2.45 bits per heavy atom. The monoisotopic (exact) mass is 299 g/mol. The summed E-state index contributed by atoms with van der Waals surface area (Å²) in [7, 11) is -2.47. The lowest BCUT2D eigenvalue weighted by atomic mass is 10.2. The van der Waals surface area contributed by atoms with Gasteiger partial charge in [-0.25, -0.2) is 13.2 Å². The molecule has 1 rings (SSSR count). The van der Waals surface area contributed by atoms with Crippen molar-refractivity contribution in [2.24, 2.45) is 0 Å². The minimum Gasteiger partial charge on any atom is -0.477 e. The summed E-state index contributed by atoms with van der Waals surface area (Å²) in [6.45, 7) is 4.58. The van der Waals surface area contributed by atoms with Crippen molar-refractivity contribution in [2.45, 2.75) is 38.1 Å². The van der Waals surface area contributed by atoms with Crippen molar-refractivity contribution < 1.29 is 18.3 Å². The SMILES string of the molecule is Cc1[nH]c(C(=O)O)c(C)c1S(=O)(=O)N(C)C(C)CC#N. The average molecular weight is 299 g/mol. The number of aromatic carboxylic acids is 1. The number of aromatic amines is 1. The smallest absolute Gasteiger partial charge is 0.352 e. The van der Waals surface area contributed by atoms with Crippen LogP contribution in [0.5, 0.6) is 0 Å². The maximum atomic E-state index is 12.5. The summed E-state index contributed by atoms with van der Waals surface area (Å²) in [5.41, 5.74) is 0.310. The van der Waals surface area contributed by atoms with E-state index >= 15 is 0 Å². The van der Waals surface area contributed by atoms with Gasteiger partial charge >= 0.3 is 5.97 Å². The molecule has 110 valence electrons. The highest BCUT2D eigenvalue weighted by Gasteiger charge is 2.31. The number of nitrogens with zero attached hydrogens (tertiary/aromatic N) is 2. The van der Waals surface area contributed by atoms with Crippen LogP contribution in [0.4, 0.5) is 0 Å². The fourth-order valence-electron chi connectivity index (χ4n) is 1.98. The number of hydrogen-bond donors (Lipinski definition) is 2. The molecule has 1 unspecified atom stereocenters. The minimum atomic E-state index is -3.85. The van der Waals surface area contributed by atoms with Crippen molar-refractivity contribution >= 4 is 16.0 Å². The van der Waals surface area contributed by atoms with E-state index in [1.165, 1.54) is 20.9 Å². The van der Waals surface area contributed by atoms with E-state index in [-0.39, 0.29) is 28.3 Å². The Hall–Kier alpha value is -1.85. The lowest BCUT2D eigenvalue weighted by Gasteiger charge is -2.22. The molecule has 1 aromatic heterocycles. The maximum Gasteiger partial charge on any atom is 0.352 e. The molecule has 0 fully saturated rings. The maximum absolute atomic E-state index is 12.5. The van der Waals surface area contributed by atoms with E-state index < -0.39 is 22.0 Å². The molecular weight excluding hydrogens is 282 g/mol. The van der Waals surface area contributed by atoms with Crippen LogP contribution in [0.25, 0.3) is 0 Å². The second kappa shape index (κ2) is 5.64. The standard InChI is InChI=1S/C12H17N3O4S/c1-7(5-6-13)15(4)20(18,19)11-8(2)10(12(16)17)14-9(11)3/h7,14H,5H2,1-4H3,(H,16,17). The zero-order valence-electron chi connectivity index (χ0n) is 11.8. The van der Waals surface area contributed by atoms with Gasteiger partial charge in [0, 0.05) is 24.3 Å². The van der Waals surface area contributed by atoms with Crippen LogP contribution in [0, 0.1) is 25.2 Å². The Balaban J connectivity index is 3.37. The van der Waals surface area contributed by atoms with Crippen LogP contribution in [0.2, 0.25) is 0 Å².